The monoisotopic (exact) mass is 214 g/mol. The van der Waals surface area contributed by atoms with Crippen molar-refractivity contribution in [1.29, 1.82) is 0 Å². The minimum Gasteiger partial charge on any atom is -0.328 e. The fourth-order valence-electron chi connectivity index (χ4n) is 1.99. The molecule has 0 fully saturated rings. The second-order valence-corrected chi connectivity index (χ2v) is 5.98. The predicted molar refractivity (Wildman–Crippen MR) is 70.1 cm³/mol. The zero-order valence-electron chi connectivity index (χ0n) is 11.7. The predicted octanol–water partition coefficient (Wildman–Crippen LogP) is 4.08. The van der Waals surface area contributed by atoms with Gasteiger partial charge in [0.05, 0.1) is 27.2 Å². The number of hydrogen-bond acceptors (Lipinski definition) is 0. The molecule has 0 aromatic heterocycles. The molecule has 1 nitrogen and oxygen atoms in total. The average molecular weight is 214 g/mol. The van der Waals surface area contributed by atoms with E-state index in [1.807, 2.05) is 0 Å². The molecule has 0 amide bonds. The molecule has 15 heavy (non-hydrogen) atoms. The SMILES string of the molecule is CCCCC[N+](C)(C)CCCCC(C)C. The van der Waals surface area contributed by atoms with Crippen molar-refractivity contribution < 1.29 is 4.48 Å². The highest BCUT2D eigenvalue weighted by Gasteiger charge is 2.13. The van der Waals surface area contributed by atoms with Gasteiger partial charge in [0, 0.05) is 0 Å². The van der Waals surface area contributed by atoms with Crippen LogP contribution in [0.2, 0.25) is 0 Å². The second kappa shape index (κ2) is 8.15. The Morgan fingerprint density at radius 3 is 1.87 bits per heavy atom. The Morgan fingerprint density at radius 2 is 1.40 bits per heavy atom. The Labute approximate surface area is 97.5 Å². The third-order valence-corrected chi connectivity index (χ3v) is 3.16. The van der Waals surface area contributed by atoms with E-state index in [9.17, 15) is 0 Å². The van der Waals surface area contributed by atoms with Crippen LogP contribution in [-0.2, 0) is 0 Å². The second-order valence-electron chi connectivity index (χ2n) is 5.98. The van der Waals surface area contributed by atoms with E-state index in [0.717, 1.165) is 5.92 Å². The smallest absolute Gasteiger partial charge is 0.0782 e. The minimum atomic E-state index is 0.876. The normalized spacial score (nSPS) is 12.4. The van der Waals surface area contributed by atoms with Crippen LogP contribution in [0.3, 0.4) is 0 Å². The van der Waals surface area contributed by atoms with Crippen molar-refractivity contribution in [2.45, 2.75) is 59.3 Å². The largest absolute Gasteiger partial charge is 0.328 e. The van der Waals surface area contributed by atoms with Crippen molar-refractivity contribution in [1.82, 2.24) is 0 Å². The maximum absolute atomic E-state index is 2.38. The lowest BCUT2D eigenvalue weighted by Crippen LogP contribution is -2.41. The maximum Gasteiger partial charge on any atom is 0.0782 e. The molecule has 0 aliphatic carbocycles. The summed E-state index contributed by atoms with van der Waals surface area (Å²) in [5.74, 6) is 0.876. The van der Waals surface area contributed by atoms with Gasteiger partial charge in [0.1, 0.15) is 0 Å². The summed E-state index contributed by atoms with van der Waals surface area (Å²) in [6, 6.07) is 0. The van der Waals surface area contributed by atoms with Gasteiger partial charge in [-0.2, -0.15) is 0 Å². The van der Waals surface area contributed by atoms with E-state index in [4.69, 9.17) is 0 Å². The van der Waals surface area contributed by atoms with Crippen molar-refractivity contribution in [2.75, 3.05) is 27.2 Å². The van der Waals surface area contributed by atoms with Crippen molar-refractivity contribution >= 4 is 0 Å². The zero-order valence-corrected chi connectivity index (χ0v) is 11.7. The third kappa shape index (κ3) is 10.2. The van der Waals surface area contributed by atoms with Crippen LogP contribution in [0.1, 0.15) is 59.3 Å². The lowest BCUT2D eigenvalue weighted by Gasteiger charge is -2.30. The van der Waals surface area contributed by atoms with Crippen LogP contribution >= 0.6 is 0 Å². The van der Waals surface area contributed by atoms with E-state index in [0.29, 0.717) is 0 Å². The summed E-state index contributed by atoms with van der Waals surface area (Å²) in [7, 11) is 4.76. The Balaban J connectivity index is 3.46. The lowest BCUT2D eigenvalue weighted by atomic mass is 10.1. The van der Waals surface area contributed by atoms with Gasteiger partial charge in [0.2, 0.25) is 0 Å². The molecule has 0 heterocycles. The van der Waals surface area contributed by atoms with Gasteiger partial charge in [0.15, 0.2) is 0 Å². The van der Waals surface area contributed by atoms with Gasteiger partial charge >= 0.3 is 0 Å². The first-order valence-electron chi connectivity index (χ1n) is 6.80. The molecule has 0 bridgehead atoms. The van der Waals surface area contributed by atoms with E-state index >= 15 is 0 Å². The van der Waals surface area contributed by atoms with E-state index in [2.05, 4.69) is 34.9 Å². The molecule has 92 valence electrons. The Kier molecular flexibility index (Phi) is 8.13. The Hall–Kier alpha value is -0.0400. The van der Waals surface area contributed by atoms with Gasteiger partial charge in [-0.1, -0.05) is 33.6 Å². The van der Waals surface area contributed by atoms with Crippen LogP contribution in [-0.4, -0.2) is 31.7 Å². The zero-order chi connectivity index (χ0) is 11.7. The molecule has 0 unspecified atom stereocenters. The number of nitrogens with zero attached hydrogens (tertiary/aromatic N) is 1. The Bertz CT molecular complexity index is 138. The van der Waals surface area contributed by atoms with E-state index in [1.165, 1.54) is 56.1 Å². The van der Waals surface area contributed by atoms with E-state index in [1.54, 1.807) is 0 Å². The molecule has 0 N–H and O–H groups in total. The minimum absolute atomic E-state index is 0.876. The molecule has 1 heteroatoms. The summed E-state index contributed by atoms with van der Waals surface area (Å²) in [6.07, 6.45) is 8.34. The fraction of sp³-hybridized carbons (Fsp3) is 1.00. The first-order valence-corrected chi connectivity index (χ1v) is 6.80. The fourth-order valence-corrected chi connectivity index (χ4v) is 1.99. The molecule has 0 saturated carbocycles. The number of hydrogen-bond donors (Lipinski definition) is 0. The van der Waals surface area contributed by atoms with Crippen LogP contribution in [0.4, 0.5) is 0 Å². The topological polar surface area (TPSA) is 0 Å². The molecule has 0 spiro atoms. The molecule has 0 aromatic rings. The average Bonchev–Trinajstić information content (AvgIpc) is 2.13. The van der Waals surface area contributed by atoms with Crippen LogP contribution in [0.5, 0.6) is 0 Å². The van der Waals surface area contributed by atoms with Gasteiger partial charge in [-0.25, -0.2) is 0 Å². The first kappa shape index (κ1) is 15.0. The molecule has 0 aliphatic heterocycles. The van der Waals surface area contributed by atoms with Crippen LogP contribution in [0.15, 0.2) is 0 Å². The number of unbranched alkanes of at least 4 members (excludes halogenated alkanes) is 3. The standard InChI is InChI=1S/C14H32N/c1-6-7-9-12-15(4,5)13-10-8-11-14(2)3/h14H,6-13H2,1-5H3/q+1. The molecule has 0 saturated heterocycles. The molecule has 0 aromatic carbocycles. The van der Waals surface area contributed by atoms with Crippen molar-refractivity contribution in [3.63, 3.8) is 0 Å². The summed E-state index contributed by atoms with van der Waals surface area (Å²) in [6.45, 7) is 9.64. The van der Waals surface area contributed by atoms with Crippen molar-refractivity contribution in [3.05, 3.63) is 0 Å². The van der Waals surface area contributed by atoms with Gasteiger partial charge in [-0.05, 0) is 31.6 Å². The van der Waals surface area contributed by atoms with E-state index < -0.39 is 0 Å². The van der Waals surface area contributed by atoms with Crippen molar-refractivity contribution in [3.8, 4) is 0 Å². The molecular weight excluding hydrogens is 182 g/mol. The summed E-state index contributed by atoms with van der Waals surface area (Å²) in [4.78, 5) is 0. The molecular formula is C14H32N+. The van der Waals surface area contributed by atoms with Gasteiger partial charge in [-0.3, -0.25) is 0 Å². The summed E-state index contributed by atoms with van der Waals surface area (Å²) >= 11 is 0. The van der Waals surface area contributed by atoms with Crippen LogP contribution < -0.4 is 0 Å². The molecule has 0 atom stereocenters. The third-order valence-electron chi connectivity index (χ3n) is 3.16. The quantitative estimate of drug-likeness (QED) is 0.401. The number of rotatable bonds is 9. The van der Waals surface area contributed by atoms with Crippen LogP contribution in [0, 0.1) is 5.92 Å². The van der Waals surface area contributed by atoms with E-state index in [-0.39, 0.29) is 0 Å². The molecule has 0 radical (unpaired) electrons. The summed E-state index contributed by atoms with van der Waals surface area (Å²) < 4.78 is 1.22. The van der Waals surface area contributed by atoms with Gasteiger partial charge in [-0.15, -0.1) is 0 Å². The van der Waals surface area contributed by atoms with Gasteiger partial charge in [0.25, 0.3) is 0 Å². The highest BCUT2D eigenvalue weighted by atomic mass is 15.3. The van der Waals surface area contributed by atoms with Crippen molar-refractivity contribution in [2.24, 2.45) is 5.92 Å². The highest BCUT2D eigenvalue weighted by molar-refractivity contribution is 4.47. The Morgan fingerprint density at radius 1 is 0.867 bits per heavy atom. The van der Waals surface area contributed by atoms with Gasteiger partial charge < -0.3 is 4.48 Å². The molecule has 0 rings (SSSR count). The maximum atomic E-state index is 2.38. The summed E-state index contributed by atoms with van der Waals surface area (Å²) in [5, 5.41) is 0. The molecule has 0 aliphatic rings. The lowest BCUT2D eigenvalue weighted by molar-refractivity contribution is -0.890. The van der Waals surface area contributed by atoms with Crippen LogP contribution in [0.25, 0.3) is 0 Å². The first-order chi connectivity index (χ1) is 6.98. The number of quaternary nitrogens is 1. The highest BCUT2D eigenvalue weighted by Crippen LogP contribution is 2.10. The summed E-state index contributed by atoms with van der Waals surface area (Å²) in [5.41, 5.74) is 0.